The minimum Gasteiger partial charge on any atom is -0.484 e. The number of carbonyl (C=O) groups excluding carboxylic acids is 1. The van der Waals surface area contributed by atoms with Gasteiger partial charge in [0.25, 0.3) is 5.91 Å². The van der Waals surface area contributed by atoms with E-state index in [-0.39, 0.29) is 35.6 Å². The number of rotatable bonds is 7. The second-order valence-corrected chi connectivity index (χ2v) is 10.3. The largest absolute Gasteiger partial charge is 0.484 e. The Morgan fingerprint density at radius 1 is 1.31 bits per heavy atom. The molecule has 0 fully saturated rings. The zero-order valence-corrected chi connectivity index (χ0v) is 18.3. The van der Waals surface area contributed by atoms with E-state index in [2.05, 4.69) is 43.8 Å². The van der Waals surface area contributed by atoms with Crippen molar-refractivity contribution in [2.24, 2.45) is 10.8 Å². The highest BCUT2D eigenvalue weighted by Crippen LogP contribution is 2.45. The molecule has 2 N–H and O–H groups in total. The van der Waals surface area contributed by atoms with Crippen LogP contribution in [0.25, 0.3) is 0 Å². The maximum absolute atomic E-state index is 14.0. The number of benzene rings is 1. The lowest BCUT2D eigenvalue weighted by atomic mass is 9.65. The number of anilines is 1. The van der Waals surface area contributed by atoms with Crippen LogP contribution in [-0.4, -0.2) is 27.2 Å². The summed E-state index contributed by atoms with van der Waals surface area (Å²) in [5.41, 5.74) is 0.520. The van der Waals surface area contributed by atoms with Crippen LogP contribution in [0.15, 0.2) is 42.2 Å². The highest BCUT2D eigenvalue weighted by Gasteiger charge is 2.35. The standard InChI is InChI=1S/C21H29FN2O4S/c1-20(2,3)21(4)10-8-16(9-11-21)28-14-19(25)23-13-15-6-7-18(17(22)12-15)24-29(5,26)27/h6-10,12,24H,11,13-14H2,1-5H3,(H,23,25). The number of halogens is 1. The molecular formula is C21H29FN2O4S. The topological polar surface area (TPSA) is 84.5 Å². The summed E-state index contributed by atoms with van der Waals surface area (Å²) in [6, 6.07) is 4.03. The van der Waals surface area contributed by atoms with Gasteiger partial charge in [-0.3, -0.25) is 9.52 Å². The molecule has 1 aliphatic carbocycles. The van der Waals surface area contributed by atoms with E-state index in [0.29, 0.717) is 11.3 Å². The van der Waals surface area contributed by atoms with Gasteiger partial charge >= 0.3 is 0 Å². The minimum absolute atomic E-state index is 0.0321. The van der Waals surface area contributed by atoms with Gasteiger partial charge in [0.15, 0.2) is 6.61 Å². The van der Waals surface area contributed by atoms with Gasteiger partial charge in [0, 0.05) is 6.54 Å². The molecule has 0 heterocycles. The van der Waals surface area contributed by atoms with Crippen LogP contribution < -0.4 is 10.0 Å². The van der Waals surface area contributed by atoms with Crippen molar-refractivity contribution in [3.63, 3.8) is 0 Å². The number of allylic oxidation sites excluding steroid dienone is 3. The van der Waals surface area contributed by atoms with Gasteiger partial charge in [0.05, 0.1) is 11.9 Å². The molecule has 6 nitrogen and oxygen atoms in total. The van der Waals surface area contributed by atoms with Crippen LogP contribution in [-0.2, 0) is 26.1 Å². The molecule has 1 aromatic rings. The van der Waals surface area contributed by atoms with Gasteiger partial charge in [-0.05, 0) is 47.1 Å². The number of hydrogen-bond acceptors (Lipinski definition) is 4. The van der Waals surface area contributed by atoms with E-state index in [1.165, 1.54) is 18.2 Å². The zero-order chi connectivity index (χ0) is 21.9. The van der Waals surface area contributed by atoms with Crippen LogP contribution >= 0.6 is 0 Å². The molecule has 0 saturated heterocycles. The van der Waals surface area contributed by atoms with Crippen LogP contribution in [0.5, 0.6) is 0 Å². The smallest absolute Gasteiger partial charge is 0.258 e. The van der Waals surface area contributed by atoms with Crippen molar-refractivity contribution in [1.82, 2.24) is 5.32 Å². The van der Waals surface area contributed by atoms with Crippen molar-refractivity contribution in [3.05, 3.63) is 53.6 Å². The maximum atomic E-state index is 14.0. The second-order valence-electron chi connectivity index (χ2n) is 8.57. The Kier molecular flexibility index (Phi) is 6.78. The number of amides is 1. The molecule has 1 aliphatic rings. The average molecular weight is 425 g/mol. The SMILES string of the molecule is CC(C)(C)C1(C)C=CC(OCC(=O)NCc2ccc(NS(C)(=O)=O)c(F)c2)=CC1. The molecule has 0 aromatic heterocycles. The Balaban J connectivity index is 1.83. The van der Waals surface area contributed by atoms with E-state index in [1.54, 1.807) is 0 Å². The van der Waals surface area contributed by atoms with Gasteiger partial charge in [-0.2, -0.15) is 0 Å². The molecule has 1 unspecified atom stereocenters. The first-order chi connectivity index (χ1) is 13.3. The molecule has 160 valence electrons. The highest BCUT2D eigenvalue weighted by molar-refractivity contribution is 7.92. The van der Waals surface area contributed by atoms with Gasteiger partial charge < -0.3 is 10.1 Å². The summed E-state index contributed by atoms with van der Waals surface area (Å²) in [6.07, 6.45) is 7.78. The molecule has 1 atom stereocenters. The summed E-state index contributed by atoms with van der Waals surface area (Å²) in [5.74, 6) is -0.385. The van der Waals surface area contributed by atoms with E-state index in [4.69, 9.17) is 4.74 Å². The van der Waals surface area contributed by atoms with Crippen LogP contribution in [0, 0.1) is 16.6 Å². The number of hydrogen-bond donors (Lipinski definition) is 2. The van der Waals surface area contributed by atoms with Crippen molar-refractivity contribution < 1.29 is 22.3 Å². The zero-order valence-electron chi connectivity index (χ0n) is 17.5. The fourth-order valence-corrected chi connectivity index (χ4v) is 3.29. The van der Waals surface area contributed by atoms with Crippen molar-refractivity contribution in [2.45, 2.75) is 40.7 Å². The van der Waals surface area contributed by atoms with Gasteiger partial charge in [-0.1, -0.05) is 39.8 Å². The van der Waals surface area contributed by atoms with E-state index >= 15 is 0 Å². The average Bonchev–Trinajstić information content (AvgIpc) is 2.59. The van der Waals surface area contributed by atoms with Crippen LogP contribution in [0.2, 0.25) is 0 Å². The van der Waals surface area contributed by atoms with Gasteiger partial charge in [0.2, 0.25) is 10.0 Å². The Bertz CT molecular complexity index is 932. The predicted octanol–water partition coefficient (Wildman–Crippen LogP) is 3.73. The second kappa shape index (κ2) is 8.57. The summed E-state index contributed by atoms with van der Waals surface area (Å²) in [5, 5.41) is 2.65. The van der Waals surface area contributed by atoms with Crippen molar-refractivity contribution >= 4 is 21.6 Å². The molecule has 8 heteroatoms. The normalized spacial score (nSPS) is 19.4. The number of ether oxygens (including phenoxy) is 1. The lowest BCUT2D eigenvalue weighted by molar-refractivity contribution is -0.124. The molecule has 29 heavy (non-hydrogen) atoms. The number of carbonyl (C=O) groups is 1. The summed E-state index contributed by atoms with van der Waals surface area (Å²) < 4.78 is 44.0. The molecule has 1 amide bonds. The monoisotopic (exact) mass is 424 g/mol. The lowest BCUT2D eigenvalue weighted by Gasteiger charge is -2.40. The first-order valence-corrected chi connectivity index (χ1v) is 11.2. The van der Waals surface area contributed by atoms with E-state index in [9.17, 15) is 17.6 Å². The molecule has 0 radical (unpaired) electrons. The Hall–Kier alpha value is -2.35. The molecule has 1 aromatic carbocycles. The summed E-state index contributed by atoms with van der Waals surface area (Å²) in [4.78, 5) is 12.0. The fourth-order valence-electron chi connectivity index (χ4n) is 2.73. The van der Waals surface area contributed by atoms with Crippen molar-refractivity contribution in [3.8, 4) is 0 Å². The molecule has 0 bridgehead atoms. The first kappa shape index (κ1) is 22.9. The van der Waals surface area contributed by atoms with Gasteiger partial charge in [0.1, 0.15) is 11.6 Å². The summed E-state index contributed by atoms with van der Waals surface area (Å²) in [7, 11) is -3.56. The summed E-state index contributed by atoms with van der Waals surface area (Å²) >= 11 is 0. The first-order valence-electron chi connectivity index (χ1n) is 9.34. The fraction of sp³-hybridized carbons (Fsp3) is 0.476. The number of nitrogens with one attached hydrogen (secondary N) is 2. The molecular weight excluding hydrogens is 395 g/mol. The lowest BCUT2D eigenvalue weighted by Crippen LogP contribution is -2.32. The molecule has 2 rings (SSSR count). The third-order valence-corrected chi connectivity index (χ3v) is 5.84. The third-order valence-electron chi connectivity index (χ3n) is 5.24. The van der Waals surface area contributed by atoms with Crippen LogP contribution in [0.4, 0.5) is 10.1 Å². The van der Waals surface area contributed by atoms with E-state index < -0.39 is 15.8 Å². The molecule has 0 aliphatic heterocycles. The molecule has 0 saturated carbocycles. The van der Waals surface area contributed by atoms with E-state index in [1.807, 2.05) is 12.2 Å². The van der Waals surface area contributed by atoms with Crippen molar-refractivity contribution in [2.75, 3.05) is 17.6 Å². The third kappa shape index (κ3) is 6.59. The maximum Gasteiger partial charge on any atom is 0.258 e. The van der Waals surface area contributed by atoms with Crippen LogP contribution in [0.3, 0.4) is 0 Å². The van der Waals surface area contributed by atoms with Crippen LogP contribution in [0.1, 0.15) is 39.7 Å². The Morgan fingerprint density at radius 2 is 2.00 bits per heavy atom. The minimum atomic E-state index is -3.56. The molecule has 0 spiro atoms. The van der Waals surface area contributed by atoms with Gasteiger partial charge in [-0.25, -0.2) is 12.8 Å². The quantitative estimate of drug-likeness (QED) is 0.699. The Labute approximate surface area is 172 Å². The number of sulfonamides is 1. The van der Waals surface area contributed by atoms with Gasteiger partial charge in [-0.15, -0.1) is 0 Å². The van der Waals surface area contributed by atoms with Crippen molar-refractivity contribution in [1.29, 1.82) is 0 Å². The summed E-state index contributed by atoms with van der Waals surface area (Å²) in [6.45, 7) is 8.73. The predicted molar refractivity (Wildman–Crippen MR) is 112 cm³/mol. The highest BCUT2D eigenvalue weighted by atomic mass is 32.2. The Morgan fingerprint density at radius 3 is 2.52 bits per heavy atom. The van der Waals surface area contributed by atoms with E-state index in [0.717, 1.165) is 12.7 Å².